The van der Waals surface area contributed by atoms with Crippen molar-refractivity contribution in [3.8, 4) is 0 Å². The molecule has 0 saturated heterocycles. The van der Waals surface area contributed by atoms with Crippen LogP contribution in [-0.4, -0.2) is 12.0 Å². The maximum atomic E-state index is 5.96. The number of nitrogens with two attached hydrogens (primary N) is 1. The molecule has 1 aliphatic carbocycles. The number of anilines is 1. The summed E-state index contributed by atoms with van der Waals surface area (Å²) in [5.41, 5.74) is 6.96. The quantitative estimate of drug-likeness (QED) is 0.633. The van der Waals surface area contributed by atoms with Gasteiger partial charge in [-0.05, 0) is 30.9 Å². The van der Waals surface area contributed by atoms with Gasteiger partial charge < -0.3 is 11.1 Å². The Kier molecular flexibility index (Phi) is 4.62. The fraction of sp³-hybridized carbons (Fsp3) is 0.533. The highest BCUT2D eigenvalue weighted by atomic mass is 15.1. The van der Waals surface area contributed by atoms with Crippen LogP contribution >= 0.6 is 0 Å². The molecule has 0 bridgehead atoms. The molecule has 0 aliphatic heterocycles. The lowest BCUT2D eigenvalue weighted by Gasteiger charge is -2.26. The molecule has 0 amide bonds. The number of benzene rings is 1. The fourth-order valence-electron chi connectivity index (χ4n) is 2.65. The zero-order valence-corrected chi connectivity index (χ0v) is 11.1. The molecule has 1 fully saturated rings. The molecule has 2 rings (SSSR count). The van der Waals surface area contributed by atoms with Gasteiger partial charge in [0.05, 0.1) is 6.04 Å². The minimum Gasteiger partial charge on any atom is -0.370 e. The molecule has 0 aromatic heterocycles. The van der Waals surface area contributed by atoms with E-state index in [4.69, 9.17) is 5.73 Å². The Labute approximate surface area is 109 Å². The first-order chi connectivity index (χ1) is 8.78. The summed E-state index contributed by atoms with van der Waals surface area (Å²) in [7, 11) is 0. The first kappa shape index (κ1) is 12.9. The van der Waals surface area contributed by atoms with Gasteiger partial charge in [-0.3, -0.25) is 0 Å². The highest BCUT2D eigenvalue weighted by molar-refractivity contribution is 5.92. The second kappa shape index (κ2) is 6.43. The highest BCUT2D eigenvalue weighted by Gasteiger charge is 2.20. The molecule has 18 heavy (non-hydrogen) atoms. The Morgan fingerprint density at radius 1 is 1.33 bits per heavy atom. The summed E-state index contributed by atoms with van der Waals surface area (Å²) in [4.78, 5) is 4.61. The Morgan fingerprint density at radius 3 is 2.83 bits per heavy atom. The maximum Gasteiger partial charge on any atom is 0.193 e. The van der Waals surface area contributed by atoms with Crippen molar-refractivity contribution >= 4 is 11.6 Å². The van der Waals surface area contributed by atoms with E-state index < -0.39 is 0 Å². The van der Waals surface area contributed by atoms with E-state index in [-0.39, 0.29) is 0 Å². The zero-order chi connectivity index (χ0) is 12.8. The first-order valence-corrected chi connectivity index (χ1v) is 6.93. The van der Waals surface area contributed by atoms with E-state index in [2.05, 4.69) is 17.2 Å². The Hall–Kier alpha value is -1.51. The number of rotatable bonds is 3. The van der Waals surface area contributed by atoms with Crippen molar-refractivity contribution in [2.24, 2.45) is 16.6 Å². The van der Waals surface area contributed by atoms with E-state index in [0.717, 1.165) is 11.6 Å². The normalized spacial score (nSPS) is 24.8. The molecule has 1 aromatic carbocycles. The molecule has 2 unspecified atom stereocenters. The van der Waals surface area contributed by atoms with E-state index in [1.54, 1.807) is 0 Å². The van der Waals surface area contributed by atoms with E-state index in [1.165, 1.54) is 32.1 Å². The third-order valence-electron chi connectivity index (χ3n) is 3.70. The Morgan fingerprint density at radius 2 is 2.11 bits per heavy atom. The van der Waals surface area contributed by atoms with Crippen LogP contribution < -0.4 is 11.1 Å². The second-order valence-corrected chi connectivity index (χ2v) is 5.10. The van der Waals surface area contributed by atoms with Gasteiger partial charge in [-0.25, -0.2) is 4.99 Å². The second-order valence-electron chi connectivity index (χ2n) is 5.10. The standard InChI is InChI=1S/C15H23N3/c1-2-12-7-6-10-14(11-12)18-15(16)17-13-8-4-3-5-9-13/h3-5,8-9,12,14H,2,6-7,10-11H2,1H3,(H3,16,17,18). The van der Waals surface area contributed by atoms with Crippen molar-refractivity contribution < 1.29 is 0 Å². The molecule has 0 heterocycles. The predicted octanol–water partition coefficient (Wildman–Crippen LogP) is 3.38. The molecule has 3 nitrogen and oxygen atoms in total. The van der Waals surface area contributed by atoms with E-state index in [0.29, 0.717) is 12.0 Å². The molecule has 2 atom stereocenters. The summed E-state index contributed by atoms with van der Waals surface area (Å²) in [6.45, 7) is 2.27. The molecule has 3 heteroatoms. The third-order valence-corrected chi connectivity index (χ3v) is 3.70. The molecule has 1 saturated carbocycles. The number of aliphatic imine (C=N–C) groups is 1. The summed E-state index contributed by atoms with van der Waals surface area (Å²) in [5.74, 6) is 1.37. The van der Waals surface area contributed by atoms with E-state index in [9.17, 15) is 0 Å². The van der Waals surface area contributed by atoms with Crippen molar-refractivity contribution in [2.75, 3.05) is 5.32 Å². The topological polar surface area (TPSA) is 50.4 Å². The van der Waals surface area contributed by atoms with Crippen LogP contribution in [0.25, 0.3) is 0 Å². The van der Waals surface area contributed by atoms with Crippen molar-refractivity contribution in [1.82, 2.24) is 0 Å². The van der Waals surface area contributed by atoms with Crippen molar-refractivity contribution in [2.45, 2.75) is 45.1 Å². The summed E-state index contributed by atoms with van der Waals surface area (Å²) in [5, 5.41) is 3.15. The van der Waals surface area contributed by atoms with Crippen LogP contribution in [0.2, 0.25) is 0 Å². The lowest BCUT2D eigenvalue weighted by molar-refractivity contribution is 0.316. The summed E-state index contributed by atoms with van der Waals surface area (Å²) in [6, 6.07) is 10.4. The van der Waals surface area contributed by atoms with Crippen molar-refractivity contribution in [1.29, 1.82) is 0 Å². The van der Waals surface area contributed by atoms with Gasteiger partial charge in [0.1, 0.15) is 0 Å². The highest BCUT2D eigenvalue weighted by Crippen LogP contribution is 2.28. The van der Waals surface area contributed by atoms with Crippen LogP contribution in [0.3, 0.4) is 0 Å². The summed E-state index contributed by atoms with van der Waals surface area (Å²) in [6.07, 6.45) is 6.26. The van der Waals surface area contributed by atoms with Gasteiger partial charge in [-0.2, -0.15) is 0 Å². The largest absolute Gasteiger partial charge is 0.370 e. The molecular weight excluding hydrogens is 222 g/mol. The molecule has 98 valence electrons. The van der Waals surface area contributed by atoms with Crippen LogP contribution in [0.15, 0.2) is 35.3 Å². The minimum absolute atomic E-state index is 0.403. The molecule has 1 aromatic rings. The third kappa shape index (κ3) is 3.76. The van der Waals surface area contributed by atoms with Gasteiger partial charge in [0.25, 0.3) is 0 Å². The van der Waals surface area contributed by atoms with E-state index >= 15 is 0 Å². The minimum atomic E-state index is 0.403. The monoisotopic (exact) mass is 245 g/mol. The Balaban J connectivity index is 1.91. The van der Waals surface area contributed by atoms with Gasteiger partial charge >= 0.3 is 0 Å². The van der Waals surface area contributed by atoms with Crippen LogP contribution in [0.5, 0.6) is 0 Å². The maximum absolute atomic E-state index is 5.96. The number of guanidine groups is 1. The molecule has 1 aliphatic rings. The smallest absolute Gasteiger partial charge is 0.193 e. The Bertz CT molecular complexity index is 386. The molecule has 3 N–H and O–H groups in total. The van der Waals surface area contributed by atoms with E-state index in [1.807, 2.05) is 30.3 Å². The fourth-order valence-corrected chi connectivity index (χ4v) is 2.65. The van der Waals surface area contributed by atoms with Crippen molar-refractivity contribution in [3.63, 3.8) is 0 Å². The molecular formula is C15H23N3. The molecule has 0 spiro atoms. The van der Waals surface area contributed by atoms with Gasteiger partial charge in [0, 0.05) is 5.69 Å². The SMILES string of the molecule is CCC1CCCC(N=C(N)Nc2ccccc2)C1. The average molecular weight is 245 g/mol. The number of nitrogens with one attached hydrogen (secondary N) is 1. The molecule has 0 radical (unpaired) electrons. The van der Waals surface area contributed by atoms with Gasteiger partial charge in [-0.1, -0.05) is 44.4 Å². The average Bonchev–Trinajstić information content (AvgIpc) is 2.40. The van der Waals surface area contributed by atoms with Gasteiger partial charge in [-0.15, -0.1) is 0 Å². The zero-order valence-electron chi connectivity index (χ0n) is 11.1. The first-order valence-electron chi connectivity index (χ1n) is 6.93. The number of hydrogen-bond donors (Lipinski definition) is 2. The number of para-hydroxylation sites is 1. The lowest BCUT2D eigenvalue weighted by Crippen LogP contribution is -2.27. The van der Waals surface area contributed by atoms with Gasteiger partial charge in [0.15, 0.2) is 5.96 Å². The number of hydrogen-bond acceptors (Lipinski definition) is 1. The van der Waals surface area contributed by atoms with Crippen LogP contribution in [0, 0.1) is 5.92 Å². The van der Waals surface area contributed by atoms with Crippen LogP contribution in [0.4, 0.5) is 5.69 Å². The summed E-state index contributed by atoms with van der Waals surface area (Å²) < 4.78 is 0. The predicted molar refractivity (Wildman–Crippen MR) is 77.7 cm³/mol. The van der Waals surface area contributed by atoms with Gasteiger partial charge in [0.2, 0.25) is 0 Å². The van der Waals surface area contributed by atoms with Crippen molar-refractivity contribution in [3.05, 3.63) is 30.3 Å². The summed E-state index contributed by atoms with van der Waals surface area (Å²) >= 11 is 0. The van der Waals surface area contributed by atoms with Crippen LogP contribution in [-0.2, 0) is 0 Å². The lowest BCUT2D eigenvalue weighted by atomic mass is 9.84. The van der Waals surface area contributed by atoms with Crippen LogP contribution in [0.1, 0.15) is 39.0 Å². The number of nitrogens with zero attached hydrogens (tertiary/aromatic N) is 1.